The number of hydrogen-bond donors (Lipinski definition) is 1. The molecule has 1 aliphatic heterocycles. The van der Waals surface area contributed by atoms with E-state index >= 15 is 0 Å². The number of Topliss-reactive ketones (excluding diaryl/α,β-unsaturated/α-hetero) is 1. The van der Waals surface area contributed by atoms with E-state index in [1.165, 1.54) is 28.2 Å². The Labute approximate surface area is 124 Å². The predicted molar refractivity (Wildman–Crippen MR) is 79.6 cm³/mol. The molecule has 0 aliphatic carbocycles. The summed E-state index contributed by atoms with van der Waals surface area (Å²) in [5.41, 5.74) is 3.46. The molecule has 0 radical (unpaired) electrons. The lowest BCUT2D eigenvalue weighted by molar-refractivity contribution is -0.920. The molecule has 0 amide bonds. The van der Waals surface area contributed by atoms with E-state index in [-0.39, 0.29) is 11.6 Å². The van der Waals surface area contributed by atoms with E-state index in [9.17, 15) is 9.18 Å². The highest BCUT2D eigenvalue weighted by Crippen LogP contribution is 2.11. The summed E-state index contributed by atoms with van der Waals surface area (Å²) in [7, 11) is 0. The van der Waals surface area contributed by atoms with Crippen molar-refractivity contribution >= 4 is 5.78 Å². The van der Waals surface area contributed by atoms with Gasteiger partial charge in [-0.3, -0.25) is 4.79 Å². The third-order valence-corrected chi connectivity index (χ3v) is 4.10. The van der Waals surface area contributed by atoms with Gasteiger partial charge in [0.2, 0.25) is 0 Å². The van der Waals surface area contributed by atoms with Crippen LogP contribution in [0.2, 0.25) is 0 Å². The lowest BCUT2D eigenvalue weighted by Crippen LogP contribution is -3.07. The number of hydrogen-bond acceptors (Lipinski definition) is 1. The van der Waals surface area contributed by atoms with Gasteiger partial charge < -0.3 is 4.90 Å². The average molecular weight is 284 g/mol. The Morgan fingerprint density at radius 3 is 2.24 bits per heavy atom. The number of nitrogens with one attached hydrogen (secondary N) is 1. The lowest BCUT2D eigenvalue weighted by atomic mass is 10.1. The summed E-state index contributed by atoms with van der Waals surface area (Å²) in [6.07, 6.45) is 1.41. The molecule has 1 aliphatic rings. The SMILES string of the molecule is O=C(CCC[NH+]1Cc2ccccc2C1)c1ccc(F)cc1. The minimum Gasteiger partial charge on any atom is -0.327 e. The maximum Gasteiger partial charge on any atom is 0.163 e. The van der Waals surface area contributed by atoms with E-state index in [4.69, 9.17) is 0 Å². The quantitative estimate of drug-likeness (QED) is 0.837. The van der Waals surface area contributed by atoms with Crippen LogP contribution in [0.25, 0.3) is 0 Å². The second-order valence-electron chi connectivity index (χ2n) is 5.66. The van der Waals surface area contributed by atoms with E-state index in [1.54, 1.807) is 12.1 Å². The second kappa shape index (κ2) is 6.19. The van der Waals surface area contributed by atoms with Crippen LogP contribution in [0.5, 0.6) is 0 Å². The number of ketones is 1. The second-order valence-corrected chi connectivity index (χ2v) is 5.66. The van der Waals surface area contributed by atoms with Gasteiger partial charge in [-0.25, -0.2) is 4.39 Å². The maximum absolute atomic E-state index is 12.8. The smallest absolute Gasteiger partial charge is 0.163 e. The Morgan fingerprint density at radius 2 is 1.62 bits per heavy atom. The molecule has 3 rings (SSSR count). The number of carbonyl (C=O) groups excluding carboxylic acids is 1. The molecule has 0 saturated carbocycles. The van der Waals surface area contributed by atoms with Gasteiger partial charge in [0.05, 0.1) is 6.54 Å². The van der Waals surface area contributed by atoms with Crippen molar-refractivity contribution < 1.29 is 14.1 Å². The zero-order valence-electron chi connectivity index (χ0n) is 11.9. The van der Waals surface area contributed by atoms with E-state index in [1.807, 2.05) is 0 Å². The molecule has 108 valence electrons. The summed E-state index contributed by atoms with van der Waals surface area (Å²) in [5, 5.41) is 0. The number of quaternary nitrogens is 1. The van der Waals surface area contributed by atoms with E-state index in [0.29, 0.717) is 12.0 Å². The van der Waals surface area contributed by atoms with E-state index < -0.39 is 0 Å². The topological polar surface area (TPSA) is 21.5 Å². The van der Waals surface area contributed by atoms with Gasteiger partial charge in [-0.05, 0) is 24.3 Å². The van der Waals surface area contributed by atoms with Crippen molar-refractivity contribution in [3.05, 3.63) is 71.0 Å². The summed E-state index contributed by atoms with van der Waals surface area (Å²) in [6.45, 7) is 3.11. The van der Waals surface area contributed by atoms with Crippen molar-refractivity contribution in [1.82, 2.24) is 0 Å². The maximum atomic E-state index is 12.8. The Morgan fingerprint density at radius 1 is 1.00 bits per heavy atom. The largest absolute Gasteiger partial charge is 0.327 e. The van der Waals surface area contributed by atoms with Gasteiger partial charge in [0.1, 0.15) is 18.9 Å². The van der Waals surface area contributed by atoms with Crippen LogP contribution in [0.3, 0.4) is 0 Å². The van der Waals surface area contributed by atoms with Crippen molar-refractivity contribution in [1.29, 1.82) is 0 Å². The highest BCUT2D eigenvalue weighted by atomic mass is 19.1. The van der Waals surface area contributed by atoms with Crippen LogP contribution in [0.15, 0.2) is 48.5 Å². The number of benzene rings is 2. The number of fused-ring (bicyclic) bond motifs is 1. The first-order chi connectivity index (χ1) is 10.2. The summed E-state index contributed by atoms with van der Waals surface area (Å²) >= 11 is 0. The van der Waals surface area contributed by atoms with E-state index in [0.717, 1.165) is 26.1 Å². The molecule has 1 heterocycles. The molecule has 0 saturated heterocycles. The van der Waals surface area contributed by atoms with Crippen LogP contribution in [0, 0.1) is 5.82 Å². The van der Waals surface area contributed by atoms with Crippen LogP contribution in [-0.2, 0) is 13.1 Å². The molecule has 0 spiro atoms. The van der Waals surface area contributed by atoms with Crippen molar-refractivity contribution in [2.75, 3.05) is 6.54 Å². The molecule has 1 N–H and O–H groups in total. The van der Waals surface area contributed by atoms with Crippen molar-refractivity contribution in [2.45, 2.75) is 25.9 Å². The molecule has 0 atom stereocenters. The number of rotatable bonds is 5. The predicted octanol–water partition coefficient (Wildman–Crippen LogP) is 2.39. The Bertz CT molecular complexity index is 611. The fourth-order valence-corrected chi connectivity index (χ4v) is 2.96. The average Bonchev–Trinajstić information content (AvgIpc) is 2.90. The fourth-order valence-electron chi connectivity index (χ4n) is 2.96. The zero-order chi connectivity index (χ0) is 14.7. The monoisotopic (exact) mass is 284 g/mol. The molecular formula is C18H19FNO+. The van der Waals surface area contributed by atoms with Gasteiger partial charge in [0.25, 0.3) is 0 Å². The third-order valence-electron chi connectivity index (χ3n) is 4.10. The van der Waals surface area contributed by atoms with Crippen LogP contribution in [0.1, 0.15) is 34.3 Å². The fraction of sp³-hybridized carbons (Fsp3) is 0.278. The summed E-state index contributed by atoms with van der Waals surface area (Å²) in [4.78, 5) is 13.5. The molecule has 0 bridgehead atoms. The molecule has 2 nitrogen and oxygen atoms in total. The van der Waals surface area contributed by atoms with E-state index in [2.05, 4.69) is 24.3 Å². The zero-order valence-corrected chi connectivity index (χ0v) is 11.9. The van der Waals surface area contributed by atoms with Gasteiger partial charge >= 0.3 is 0 Å². The summed E-state index contributed by atoms with van der Waals surface area (Å²) < 4.78 is 12.8. The molecule has 3 heteroatoms. The summed E-state index contributed by atoms with van der Waals surface area (Å²) in [6, 6.07) is 14.4. The van der Waals surface area contributed by atoms with Crippen LogP contribution in [0.4, 0.5) is 4.39 Å². The van der Waals surface area contributed by atoms with Gasteiger partial charge in [0.15, 0.2) is 5.78 Å². The normalized spacial score (nSPS) is 14.1. The first-order valence-corrected chi connectivity index (χ1v) is 7.41. The third kappa shape index (κ3) is 3.37. The standard InChI is InChI=1S/C18H18FNO/c19-17-9-7-14(8-10-17)18(21)6-3-11-20-12-15-4-1-2-5-16(15)13-20/h1-2,4-5,7-10H,3,6,11-13H2/p+1. The summed E-state index contributed by atoms with van der Waals surface area (Å²) in [5.74, 6) is -0.197. The lowest BCUT2D eigenvalue weighted by Gasteiger charge is -2.11. The van der Waals surface area contributed by atoms with Gasteiger partial charge in [0, 0.05) is 29.5 Å². The molecule has 0 fully saturated rings. The van der Waals surface area contributed by atoms with Gasteiger partial charge in [-0.1, -0.05) is 24.3 Å². The van der Waals surface area contributed by atoms with Crippen molar-refractivity contribution in [3.63, 3.8) is 0 Å². The van der Waals surface area contributed by atoms with Crippen LogP contribution < -0.4 is 4.90 Å². The molecule has 2 aromatic carbocycles. The molecule has 2 aromatic rings. The minimum absolute atomic E-state index is 0.103. The molecule has 0 aromatic heterocycles. The van der Waals surface area contributed by atoms with Gasteiger partial charge in [-0.15, -0.1) is 0 Å². The van der Waals surface area contributed by atoms with Crippen molar-refractivity contribution in [3.8, 4) is 0 Å². The molecular weight excluding hydrogens is 265 g/mol. The molecule has 0 unspecified atom stereocenters. The highest BCUT2D eigenvalue weighted by Gasteiger charge is 2.21. The van der Waals surface area contributed by atoms with Crippen molar-refractivity contribution in [2.24, 2.45) is 0 Å². The molecule has 21 heavy (non-hydrogen) atoms. The first kappa shape index (κ1) is 14.0. The highest BCUT2D eigenvalue weighted by molar-refractivity contribution is 5.95. The number of carbonyl (C=O) groups is 1. The first-order valence-electron chi connectivity index (χ1n) is 7.41. The minimum atomic E-state index is -0.300. The Hall–Kier alpha value is -2.00. The van der Waals surface area contributed by atoms with Crippen LogP contribution in [-0.4, -0.2) is 12.3 Å². The Kier molecular flexibility index (Phi) is 4.11. The Balaban J connectivity index is 1.47. The number of halogens is 1. The van der Waals surface area contributed by atoms with Crippen LogP contribution >= 0.6 is 0 Å². The van der Waals surface area contributed by atoms with Gasteiger partial charge in [-0.2, -0.15) is 0 Å².